The van der Waals surface area contributed by atoms with Crippen LogP contribution >= 0.6 is 0 Å². The van der Waals surface area contributed by atoms with Crippen molar-refractivity contribution in [3.8, 4) is 0 Å². The lowest BCUT2D eigenvalue weighted by Crippen LogP contribution is -1.59. The van der Waals surface area contributed by atoms with Gasteiger partial charge in [0.05, 0.1) is 0 Å². The predicted octanol–water partition coefficient (Wildman–Crippen LogP) is 2.40. The van der Waals surface area contributed by atoms with Gasteiger partial charge < -0.3 is 4.79 Å². The first-order chi connectivity index (χ1) is 3.83. The van der Waals surface area contributed by atoms with E-state index in [0.717, 1.165) is 6.29 Å². The molecule has 0 aromatic rings. The summed E-state index contributed by atoms with van der Waals surface area (Å²) in [6.07, 6.45) is 4.83. The summed E-state index contributed by atoms with van der Waals surface area (Å²) in [5.41, 5.74) is 0. The number of unbranched alkanes of at least 4 members (excludes halogenated alkanes) is 2. The molecule has 0 rings (SSSR count). The van der Waals surface area contributed by atoms with Gasteiger partial charge in [-0.05, 0) is 6.92 Å². The molecule has 0 unspecified atom stereocenters. The summed E-state index contributed by atoms with van der Waals surface area (Å²) >= 11 is 0. The summed E-state index contributed by atoms with van der Waals surface area (Å²) in [5, 5.41) is 0. The SMILES string of the molecule is CC=O.CCCCC. The normalized spacial score (nSPS) is 6.88. The van der Waals surface area contributed by atoms with E-state index in [1.165, 1.54) is 26.2 Å². The fourth-order valence-corrected chi connectivity index (χ4v) is 0.354. The number of carbonyl (C=O) groups excluding carboxylic acids is 1. The summed E-state index contributed by atoms with van der Waals surface area (Å²) in [7, 11) is 0. The Morgan fingerprint density at radius 1 is 1.25 bits per heavy atom. The zero-order chi connectivity index (χ0) is 6.83. The Balaban J connectivity index is 0. The van der Waals surface area contributed by atoms with Gasteiger partial charge in [-0.3, -0.25) is 0 Å². The van der Waals surface area contributed by atoms with Gasteiger partial charge in [-0.15, -0.1) is 0 Å². The molecule has 1 heteroatoms. The topological polar surface area (TPSA) is 17.1 Å². The average molecular weight is 116 g/mol. The van der Waals surface area contributed by atoms with Crippen molar-refractivity contribution in [2.75, 3.05) is 0 Å². The molecule has 0 heterocycles. The second kappa shape index (κ2) is 15.9. The Morgan fingerprint density at radius 2 is 1.50 bits per heavy atom. The molecular formula is C7H16O. The minimum Gasteiger partial charge on any atom is -0.304 e. The number of rotatable bonds is 2. The van der Waals surface area contributed by atoms with Crippen LogP contribution in [0.25, 0.3) is 0 Å². The van der Waals surface area contributed by atoms with Crippen LogP contribution in [-0.4, -0.2) is 6.29 Å². The zero-order valence-corrected chi connectivity index (χ0v) is 6.11. The van der Waals surface area contributed by atoms with Gasteiger partial charge in [0.15, 0.2) is 0 Å². The van der Waals surface area contributed by atoms with Crippen LogP contribution in [0.3, 0.4) is 0 Å². The maximum absolute atomic E-state index is 8.81. The van der Waals surface area contributed by atoms with E-state index in [0.29, 0.717) is 0 Å². The van der Waals surface area contributed by atoms with Gasteiger partial charge in [0, 0.05) is 0 Å². The molecule has 0 bridgehead atoms. The van der Waals surface area contributed by atoms with Crippen molar-refractivity contribution in [1.29, 1.82) is 0 Å². The van der Waals surface area contributed by atoms with Crippen LogP contribution in [0.5, 0.6) is 0 Å². The van der Waals surface area contributed by atoms with Crippen molar-refractivity contribution in [2.24, 2.45) is 0 Å². The van der Waals surface area contributed by atoms with Crippen molar-refractivity contribution in [1.82, 2.24) is 0 Å². The smallest absolute Gasteiger partial charge is 0.116 e. The van der Waals surface area contributed by atoms with Crippen LogP contribution in [0.15, 0.2) is 0 Å². The summed E-state index contributed by atoms with van der Waals surface area (Å²) in [5.74, 6) is 0. The number of aldehydes is 1. The molecule has 0 fully saturated rings. The Kier molecular flexibility index (Phi) is 21.1. The van der Waals surface area contributed by atoms with Gasteiger partial charge in [0.1, 0.15) is 6.29 Å². The highest BCUT2D eigenvalue weighted by Crippen LogP contribution is 1.88. The molecule has 0 amide bonds. The molecule has 0 aromatic carbocycles. The molecule has 0 N–H and O–H groups in total. The number of carbonyl (C=O) groups is 1. The van der Waals surface area contributed by atoms with E-state index >= 15 is 0 Å². The van der Waals surface area contributed by atoms with Gasteiger partial charge in [0.25, 0.3) is 0 Å². The predicted molar refractivity (Wildman–Crippen MR) is 36.9 cm³/mol. The summed E-state index contributed by atoms with van der Waals surface area (Å²) in [4.78, 5) is 8.81. The average Bonchev–Trinajstić information content (AvgIpc) is 1.71. The second-order valence-electron chi connectivity index (χ2n) is 1.59. The van der Waals surface area contributed by atoms with Crippen LogP contribution < -0.4 is 0 Å². The molecule has 0 spiro atoms. The Hall–Kier alpha value is -0.330. The molecule has 0 saturated heterocycles. The Bertz CT molecular complexity index is 31.4. The van der Waals surface area contributed by atoms with E-state index in [2.05, 4.69) is 13.8 Å². The quantitative estimate of drug-likeness (QED) is 0.506. The van der Waals surface area contributed by atoms with Gasteiger partial charge >= 0.3 is 0 Å². The molecule has 0 aliphatic carbocycles. The highest BCUT2D eigenvalue weighted by molar-refractivity contribution is 5.44. The van der Waals surface area contributed by atoms with Crippen LogP contribution in [0.1, 0.15) is 40.0 Å². The van der Waals surface area contributed by atoms with Crippen LogP contribution in [0.4, 0.5) is 0 Å². The largest absolute Gasteiger partial charge is 0.304 e. The lowest BCUT2D eigenvalue weighted by Gasteiger charge is -1.79. The lowest BCUT2D eigenvalue weighted by atomic mass is 10.3. The van der Waals surface area contributed by atoms with Crippen LogP contribution in [0.2, 0.25) is 0 Å². The summed E-state index contributed by atoms with van der Waals surface area (Å²) in [6, 6.07) is 0. The molecule has 0 aliphatic heterocycles. The Morgan fingerprint density at radius 3 is 1.50 bits per heavy atom. The molecule has 8 heavy (non-hydrogen) atoms. The summed E-state index contributed by atoms with van der Waals surface area (Å²) in [6.45, 7) is 5.87. The van der Waals surface area contributed by atoms with E-state index in [1.807, 2.05) is 0 Å². The van der Waals surface area contributed by atoms with Crippen molar-refractivity contribution in [3.63, 3.8) is 0 Å². The van der Waals surface area contributed by atoms with Crippen molar-refractivity contribution >= 4 is 6.29 Å². The fourth-order valence-electron chi connectivity index (χ4n) is 0.354. The molecule has 0 aromatic heterocycles. The molecule has 0 saturated carbocycles. The molecule has 0 aliphatic rings. The van der Waals surface area contributed by atoms with Crippen LogP contribution in [0, 0.1) is 0 Å². The third-order valence-electron chi connectivity index (χ3n) is 0.707. The fraction of sp³-hybridized carbons (Fsp3) is 0.857. The van der Waals surface area contributed by atoms with E-state index in [4.69, 9.17) is 4.79 Å². The molecule has 50 valence electrons. The first-order valence-electron chi connectivity index (χ1n) is 3.23. The minimum atomic E-state index is 0.750. The van der Waals surface area contributed by atoms with E-state index < -0.39 is 0 Å². The minimum absolute atomic E-state index is 0.750. The highest BCUT2D eigenvalue weighted by Gasteiger charge is 1.68. The van der Waals surface area contributed by atoms with E-state index in [1.54, 1.807) is 0 Å². The van der Waals surface area contributed by atoms with Crippen LogP contribution in [-0.2, 0) is 4.79 Å². The summed E-state index contributed by atoms with van der Waals surface area (Å²) < 4.78 is 0. The molecule has 0 atom stereocenters. The number of hydrogen-bond acceptors (Lipinski definition) is 1. The standard InChI is InChI=1S/C5H12.C2H4O/c1-3-5-4-2;1-2-3/h3-5H2,1-2H3;2H,1H3. The van der Waals surface area contributed by atoms with Gasteiger partial charge in [-0.2, -0.15) is 0 Å². The number of hydrogen-bond donors (Lipinski definition) is 0. The zero-order valence-electron chi connectivity index (χ0n) is 6.11. The van der Waals surface area contributed by atoms with Gasteiger partial charge in [-0.1, -0.05) is 33.1 Å². The monoisotopic (exact) mass is 116 g/mol. The van der Waals surface area contributed by atoms with Gasteiger partial charge in [-0.25, -0.2) is 0 Å². The van der Waals surface area contributed by atoms with Gasteiger partial charge in [0.2, 0.25) is 0 Å². The first-order valence-corrected chi connectivity index (χ1v) is 3.23. The van der Waals surface area contributed by atoms with Crippen molar-refractivity contribution in [3.05, 3.63) is 0 Å². The van der Waals surface area contributed by atoms with E-state index in [-0.39, 0.29) is 0 Å². The van der Waals surface area contributed by atoms with Crippen molar-refractivity contribution in [2.45, 2.75) is 40.0 Å². The highest BCUT2D eigenvalue weighted by atomic mass is 16.1. The Labute approximate surface area is 52.1 Å². The second-order valence-corrected chi connectivity index (χ2v) is 1.59. The third kappa shape index (κ3) is 44.3. The van der Waals surface area contributed by atoms with E-state index in [9.17, 15) is 0 Å². The molecular weight excluding hydrogens is 100 g/mol. The lowest BCUT2D eigenvalue weighted by molar-refractivity contribution is -0.106. The van der Waals surface area contributed by atoms with Crippen molar-refractivity contribution < 1.29 is 4.79 Å². The molecule has 1 nitrogen and oxygen atoms in total. The third-order valence-corrected chi connectivity index (χ3v) is 0.707. The maximum Gasteiger partial charge on any atom is 0.116 e. The molecule has 0 radical (unpaired) electrons. The first kappa shape index (κ1) is 10.6. The maximum atomic E-state index is 8.81.